The Kier molecular flexibility index (Phi) is 5.57. The van der Waals surface area contributed by atoms with Crippen molar-refractivity contribution in [3.05, 3.63) is 52.3 Å². The molecule has 5 rings (SSSR count). The molecule has 1 fully saturated rings. The molecule has 3 aromatic rings. The largest absolute Gasteiger partial charge is 0.381 e. The summed E-state index contributed by atoms with van der Waals surface area (Å²) in [5.74, 6) is -0.0825. The van der Waals surface area contributed by atoms with Crippen LogP contribution in [0.15, 0.2) is 30.6 Å². The van der Waals surface area contributed by atoms with Crippen LogP contribution in [0.25, 0.3) is 11.0 Å². The van der Waals surface area contributed by atoms with E-state index in [0.29, 0.717) is 11.6 Å². The van der Waals surface area contributed by atoms with Gasteiger partial charge in [-0.3, -0.25) is 4.79 Å². The molecule has 2 aromatic heterocycles. The number of pyridine rings is 1. The van der Waals surface area contributed by atoms with Crippen molar-refractivity contribution in [1.82, 2.24) is 20.1 Å². The number of anilines is 1. The van der Waals surface area contributed by atoms with Crippen molar-refractivity contribution in [2.24, 2.45) is 0 Å². The molecule has 31 heavy (non-hydrogen) atoms. The van der Waals surface area contributed by atoms with E-state index < -0.39 is 0 Å². The molecule has 0 spiro atoms. The fourth-order valence-corrected chi connectivity index (χ4v) is 5.18. The predicted molar refractivity (Wildman–Crippen MR) is 124 cm³/mol. The highest BCUT2D eigenvalue weighted by molar-refractivity contribution is 6.30. The van der Waals surface area contributed by atoms with Crippen molar-refractivity contribution in [3.63, 3.8) is 0 Å². The first-order chi connectivity index (χ1) is 15.1. The number of nitrogens with zero attached hydrogens (tertiary/aromatic N) is 3. The topological polar surface area (TPSA) is 71.8 Å². The van der Waals surface area contributed by atoms with Crippen molar-refractivity contribution in [3.8, 4) is 0 Å². The lowest BCUT2D eigenvalue weighted by molar-refractivity contribution is 0.0939. The molecule has 1 saturated carbocycles. The first kappa shape index (κ1) is 20.3. The zero-order chi connectivity index (χ0) is 21.4. The number of aryl methyl sites for hydroxylation is 1. The third-order valence-corrected chi connectivity index (χ3v) is 6.84. The summed E-state index contributed by atoms with van der Waals surface area (Å²) in [6, 6.07) is 6.43. The van der Waals surface area contributed by atoms with E-state index in [1.54, 1.807) is 6.20 Å². The summed E-state index contributed by atoms with van der Waals surface area (Å²) >= 11 is 6.14. The quantitative estimate of drug-likeness (QED) is 0.604. The number of aromatic nitrogens is 3. The molecular formula is C24H28ClN5O. The van der Waals surface area contributed by atoms with E-state index in [1.165, 1.54) is 30.4 Å². The molecule has 162 valence electrons. The number of amides is 1. The summed E-state index contributed by atoms with van der Waals surface area (Å²) in [4.78, 5) is 18.0. The van der Waals surface area contributed by atoms with Gasteiger partial charge < -0.3 is 10.6 Å². The summed E-state index contributed by atoms with van der Waals surface area (Å²) in [5.41, 5.74) is 4.76. The Morgan fingerprint density at radius 1 is 1.13 bits per heavy atom. The van der Waals surface area contributed by atoms with E-state index in [2.05, 4.69) is 26.8 Å². The molecule has 0 bridgehead atoms. The maximum absolute atomic E-state index is 13.4. The molecule has 2 heterocycles. The smallest absolute Gasteiger partial charge is 0.255 e. The third kappa shape index (κ3) is 4.01. The van der Waals surface area contributed by atoms with Crippen LogP contribution in [0.5, 0.6) is 0 Å². The van der Waals surface area contributed by atoms with E-state index in [4.69, 9.17) is 11.6 Å². The molecule has 1 unspecified atom stereocenters. The lowest BCUT2D eigenvalue weighted by atomic mass is 9.95. The van der Waals surface area contributed by atoms with Crippen LogP contribution in [0.4, 0.5) is 5.69 Å². The molecule has 0 aliphatic heterocycles. The van der Waals surface area contributed by atoms with Gasteiger partial charge in [0.15, 0.2) is 5.65 Å². The molecule has 2 N–H and O–H groups in total. The van der Waals surface area contributed by atoms with Gasteiger partial charge in [0.05, 0.1) is 22.8 Å². The van der Waals surface area contributed by atoms with Crippen LogP contribution < -0.4 is 10.6 Å². The van der Waals surface area contributed by atoms with Gasteiger partial charge in [0.2, 0.25) is 0 Å². The van der Waals surface area contributed by atoms with E-state index in [1.807, 2.05) is 29.9 Å². The summed E-state index contributed by atoms with van der Waals surface area (Å²) in [6.45, 7) is 2.79. The monoisotopic (exact) mass is 437 g/mol. The molecule has 1 atom stereocenters. The van der Waals surface area contributed by atoms with Crippen LogP contribution in [0.3, 0.4) is 0 Å². The van der Waals surface area contributed by atoms with Crippen LogP contribution in [-0.4, -0.2) is 32.8 Å². The standard InChI is InChI=1S/C24H28ClN5O/c1-2-30-23-20(14-27-30)22(28-18-6-4-3-5-7-18)21(13-26-23)24(31)29-19-11-15-8-9-17(25)10-16(15)12-19/h8-10,13-14,18-19H,2-7,11-12H2,1H3,(H,26,28)(H,29,31). The number of rotatable bonds is 5. The van der Waals surface area contributed by atoms with E-state index in [0.717, 1.165) is 54.0 Å². The number of benzene rings is 1. The van der Waals surface area contributed by atoms with Gasteiger partial charge in [0.1, 0.15) is 0 Å². The Hall–Kier alpha value is -2.60. The van der Waals surface area contributed by atoms with Crippen LogP contribution in [0.1, 0.15) is 60.5 Å². The Bertz CT molecular complexity index is 1120. The molecule has 0 radical (unpaired) electrons. The van der Waals surface area contributed by atoms with Crippen molar-refractivity contribution in [1.29, 1.82) is 0 Å². The lowest BCUT2D eigenvalue weighted by Gasteiger charge is -2.25. The zero-order valence-electron chi connectivity index (χ0n) is 17.8. The van der Waals surface area contributed by atoms with E-state index in [-0.39, 0.29) is 11.9 Å². The summed E-state index contributed by atoms with van der Waals surface area (Å²) in [6.07, 6.45) is 11.2. The van der Waals surface area contributed by atoms with Crippen LogP contribution in [-0.2, 0) is 19.4 Å². The molecule has 6 nitrogen and oxygen atoms in total. The van der Waals surface area contributed by atoms with Crippen molar-refractivity contribution in [2.75, 3.05) is 5.32 Å². The van der Waals surface area contributed by atoms with Crippen molar-refractivity contribution in [2.45, 2.75) is 70.5 Å². The van der Waals surface area contributed by atoms with Crippen LogP contribution in [0.2, 0.25) is 5.02 Å². The highest BCUT2D eigenvalue weighted by Crippen LogP contribution is 2.31. The second-order valence-corrected chi connectivity index (χ2v) is 9.15. The highest BCUT2D eigenvalue weighted by atomic mass is 35.5. The van der Waals surface area contributed by atoms with E-state index >= 15 is 0 Å². The number of halogens is 1. The first-order valence-electron chi connectivity index (χ1n) is 11.3. The number of hydrogen-bond donors (Lipinski definition) is 2. The van der Waals surface area contributed by atoms with Gasteiger partial charge >= 0.3 is 0 Å². The van der Waals surface area contributed by atoms with Crippen molar-refractivity contribution >= 4 is 34.2 Å². The minimum Gasteiger partial charge on any atom is -0.381 e. The number of nitrogens with one attached hydrogen (secondary N) is 2. The minimum absolute atomic E-state index is 0.0672. The molecule has 2 aliphatic rings. The molecule has 1 amide bonds. The number of fused-ring (bicyclic) bond motifs is 2. The van der Waals surface area contributed by atoms with Gasteiger partial charge in [-0.25, -0.2) is 9.67 Å². The van der Waals surface area contributed by atoms with Crippen molar-refractivity contribution < 1.29 is 4.79 Å². The van der Waals surface area contributed by atoms with Gasteiger partial charge in [-0.05, 0) is 55.9 Å². The summed E-state index contributed by atoms with van der Waals surface area (Å²) in [5, 5.41) is 13.1. The average Bonchev–Trinajstić information content (AvgIpc) is 3.37. The molecule has 2 aliphatic carbocycles. The Morgan fingerprint density at radius 2 is 1.94 bits per heavy atom. The Morgan fingerprint density at radius 3 is 2.74 bits per heavy atom. The molecule has 1 aromatic carbocycles. The SMILES string of the molecule is CCn1ncc2c(NC3CCCCC3)c(C(=O)NC3Cc4ccc(Cl)cc4C3)cnc21. The van der Waals surface area contributed by atoms with Gasteiger partial charge in [-0.2, -0.15) is 5.10 Å². The zero-order valence-corrected chi connectivity index (χ0v) is 18.6. The summed E-state index contributed by atoms with van der Waals surface area (Å²) in [7, 11) is 0. The average molecular weight is 438 g/mol. The Balaban J connectivity index is 1.42. The van der Waals surface area contributed by atoms with E-state index in [9.17, 15) is 4.79 Å². The normalized spacial score (nSPS) is 18.8. The lowest BCUT2D eigenvalue weighted by Crippen LogP contribution is -2.36. The van der Waals surface area contributed by atoms with Gasteiger partial charge in [0.25, 0.3) is 5.91 Å². The second kappa shape index (κ2) is 8.50. The first-order valence-corrected chi connectivity index (χ1v) is 11.7. The van der Waals surface area contributed by atoms with Gasteiger partial charge in [0, 0.05) is 29.8 Å². The number of carbonyl (C=O) groups is 1. The van der Waals surface area contributed by atoms with Gasteiger partial charge in [-0.1, -0.05) is 36.9 Å². The number of hydrogen-bond acceptors (Lipinski definition) is 4. The van der Waals surface area contributed by atoms with Crippen LogP contribution in [0, 0.1) is 0 Å². The molecule has 7 heteroatoms. The fraction of sp³-hybridized carbons (Fsp3) is 0.458. The maximum atomic E-state index is 13.4. The number of carbonyl (C=O) groups excluding carboxylic acids is 1. The van der Waals surface area contributed by atoms with Crippen LogP contribution >= 0.6 is 11.6 Å². The minimum atomic E-state index is -0.0825. The fourth-order valence-electron chi connectivity index (χ4n) is 4.99. The van der Waals surface area contributed by atoms with Gasteiger partial charge in [-0.15, -0.1) is 0 Å². The second-order valence-electron chi connectivity index (χ2n) is 8.72. The Labute approximate surface area is 187 Å². The highest BCUT2D eigenvalue weighted by Gasteiger charge is 2.26. The summed E-state index contributed by atoms with van der Waals surface area (Å²) < 4.78 is 1.88. The maximum Gasteiger partial charge on any atom is 0.255 e. The predicted octanol–water partition coefficient (Wildman–Crippen LogP) is 4.75. The molecule has 0 saturated heterocycles. The third-order valence-electron chi connectivity index (χ3n) is 6.60. The molecular weight excluding hydrogens is 410 g/mol.